The molecule has 0 aliphatic rings. The minimum atomic E-state index is 0. The molecule has 0 atom stereocenters. The van der Waals surface area contributed by atoms with E-state index in [4.69, 9.17) is 0 Å². The minimum Gasteiger partial charge on any atom is -0.275 e. The summed E-state index contributed by atoms with van der Waals surface area (Å²) in [7, 11) is 0. The molecule has 3 heteroatoms. The fourth-order valence-electron chi connectivity index (χ4n) is 2.53. The van der Waals surface area contributed by atoms with Crippen molar-refractivity contribution in [2.75, 3.05) is 0 Å². The van der Waals surface area contributed by atoms with Gasteiger partial charge in [0.25, 0.3) is 0 Å². The fourth-order valence-corrected chi connectivity index (χ4v) is 2.53. The summed E-state index contributed by atoms with van der Waals surface area (Å²) in [5.41, 5.74) is 5.24. The summed E-state index contributed by atoms with van der Waals surface area (Å²) in [6.07, 6.45) is 3.66. The van der Waals surface area contributed by atoms with Gasteiger partial charge in [0.2, 0.25) is 0 Å². The summed E-state index contributed by atoms with van der Waals surface area (Å²) in [6, 6.07) is 25.6. The molecule has 2 aromatic carbocycles. The van der Waals surface area contributed by atoms with Crippen LogP contribution in [0.2, 0.25) is 0 Å². The average molecular weight is 288 g/mol. The third kappa shape index (κ3) is 3.19. The number of hydrogen-bond donors (Lipinski definition) is 0. The number of nitrogens with zero attached hydrogens (tertiary/aromatic N) is 2. The minimum absolute atomic E-state index is 0. The van der Waals surface area contributed by atoms with E-state index in [9.17, 15) is 0 Å². The first-order valence-electron chi connectivity index (χ1n) is 7.18. The first-order valence-corrected chi connectivity index (χ1v) is 7.18. The Balaban J connectivity index is 0.00000156. The van der Waals surface area contributed by atoms with E-state index in [2.05, 4.69) is 58.5 Å². The Kier molecular flexibility index (Phi) is 4.57. The number of fused-ring (bicyclic) bond motifs is 1. The molecule has 0 fully saturated rings. The Bertz CT molecular complexity index is 919. The summed E-state index contributed by atoms with van der Waals surface area (Å²) in [4.78, 5) is 8.84. The van der Waals surface area contributed by atoms with Crippen LogP contribution in [0.15, 0.2) is 79.1 Å². The number of hydrogen-bond acceptors (Lipinski definition) is 2. The Morgan fingerprint density at radius 1 is 0.739 bits per heavy atom. The van der Waals surface area contributed by atoms with Gasteiger partial charge in [-0.05, 0) is 28.8 Å². The van der Waals surface area contributed by atoms with Crippen molar-refractivity contribution in [1.82, 2.24) is 9.97 Å². The third-order valence-electron chi connectivity index (χ3n) is 3.69. The van der Waals surface area contributed by atoms with Crippen molar-refractivity contribution in [1.29, 1.82) is 0 Å². The second-order valence-electron chi connectivity index (χ2n) is 5.12. The molecule has 4 rings (SSSR count). The summed E-state index contributed by atoms with van der Waals surface area (Å²) in [5, 5.41) is 1.11. The molecule has 0 unspecified atom stereocenters. The van der Waals surface area contributed by atoms with E-state index in [1.807, 2.05) is 30.5 Å². The van der Waals surface area contributed by atoms with Gasteiger partial charge in [-0.3, -0.25) is 9.97 Å². The maximum absolute atomic E-state index is 4.68. The first-order chi connectivity index (χ1) is 10.9. The van der Waals surface area contributed by atoms with E-state index in [1.54, 1.807) is 6.20 Å². The standard InChI is InChI=1S/C20H13N2.Li/c1-2-6-19-16(4-1)11-12-20(22-19)17-9-7-15(8-10-17)18-5-3-13-21-14-18;/h1-5,7-14H;/q-1;+1. The molecular weight excluding hydrogens is 275 g/mol. The average Bonchev–Trinajstić information content (AvgIpc) is 2.62. The Hall–Kier alpha value is -2.40. The van der Waals surface area contributed by atoms with Gasteiger partial charge < -0.3 is 0 Å². The van der Waals surface area contributed by atoms with Gasteiger partial charge >= 0.3 is 18.9 Å². The van der Waals surface area contributed by atoms with Gasteiger partial charge in [-0.2, -0.15) is 24.3 Å². The second-order valence-corrected chi connectivity index (χ2v) is 5.12. The van der Waals surface area contributed by atoms with Crippen LogP contribution < -0.4 is 18.9 Å². The van der Waals surface area contributed by atoms with Crippen molar-refractivity contribution in [2.24, 2.45) is 0 Å². The Labute approximate surface area is 147 Å². The van der Waals surface area contributed by atoms with Crippen molar-refractivity contribution in [3.05, 3.63) is 85.2 Å². The van der Waals surface area contributed by atoms with Gasteiger partial charge in [0.15, 0.2) is 0 Å². The third-order valence-corrected chi connectivity index (χ3v) is 3.69. The maximum Gasteiger partial charge on any atom is 1.00 e. The normalized spacial score (nSPS) is 10.3. The molecule has 2 heterocycles. The number of para-hydroxylation sites is 1. The van der Waals surface area contributed by atoms with Gasteiger partial charge in [0.1, 0.15) is 0 Å². The van der Waals surface area contributed by atoms with Crippen molar-refractivity contribution in [3.8, 4) is 22.4 Å². The van der Waals surface area contributed by atoms with E-state index >= 15 is 0 Å². The van der Waals surface area contributed by atoms with Gasteiger partial charge in [-0.1, -0.05) is 30.3 Å². The molecule has 0 N–H and O–H groups in total. The van der Waals surface area contributed by atoms with Crippen LogP contribution in [0.1, 0.15) is 0 Å². The fraction of sp³-hybridized carbons (Fsp3) is 0. The van der Waals surface area contributed by atoms with Crippen LogP contribution in [0.25, 0.3) is 33.3 Å². The zero-order valence-electron chi connectivity index (χ0n) is 12.9. The van der Waals surface area contributed by atoms with Crippen LogP contribution in [-0.4, -0.2) is 9.97 Å². The summed E-state index contributed by atoms with van der Waals surface area (Å²) >= 11 is 0. The molecule has 0 aliphatic carbocycles. The van der Waals surface area contributed by atoms with E-state index in [-0.39, 0.29) is 18.9 Å². The van der Waals surface area contributed by atoms with Gasteiger partial charge in [0.05, 0.1) is 5.69 Å². The molecular formula is C20H13LiN2. The molecule has 2 nitrogen and oxygen atoms in total. The molecule has 0 amide bonds. The number of aromatic nitrogens is 2. The van der Waals surface area contributed by atoms with Crippen LogP contribution in [0, 0.1) is 6.07 Å². The molecule has 0 bridgehead atoms. The van der Waals surface area contributed by atoms with E-state index in [1.165, 1.54) is 0 Å². The van der Waals surface area contributed by atoms with Crippen molar-refractivity contribution in [2.45, 2.75) is 0 Å². The zero-order valence-corrected chi connectivity index (χ0v) is 12.9. The van der Waals surface area contributed by atoms with Crippen LogP contribution >= 0.6 is 0 Å². The zero-order chi connectivity index (χ0) is 14.8. The molecule has 104 valence electrons. The molecule has 0 saturated heterocycles. The molecule has 4 aromatic rings. The Morgan fingerprint density at radius 2 is 1.57 bits per heavy atom. The van der Waals surface area contributed by atoms with Crippen LogP contribution in [0.5, 0.6) is 0 Å². The predicted molar refractivity (Wildman–Crippen MR) is 89.2 cm³/mol. The number of benzene rings is 2. The van der Waals surface area contributed by atoms with E-state index < -0.39 is 0 Å². The second kappa shape index (κ2) is 6.79. The van der Waals surface area contributed by atoms with Gasteiger partial charge in [-0.25, -0.2) is 0 Å². The maximum atomic E-state index is 4.68. The van der Waals surface area contributed by atoms with Crippen molar-refractivity contribution in [3.63, 3.8) is 0 Å². The molecule has 0 saturated carbocycles. The van der Waals surface area contributed by atoms with Crippen LogP contribution in [0.3, 0.4) is 0 Å². The number of rotatable bonds is 2. The van der Waals surface area contributed by atoms with E-state index in [0.717, 1.165) is 33.3 Å². The molecule has 0 spiro atoms. The molecule has 0 aliphatic heterocycles. The SMILES string of the molecule is [Li+].[c-]1cccc2ccc(-c3ccc(-c4cccnc4)cc3)nc12. The topological polar surface area (TPSA) is 25.8 Å². The van der Waals surface area contributed by atoms with Gasteiger partial charge in [-0.15, -0.1) is 11.5 Å². The number of pyridine rings is 2. The first kappa shape index (κ1) is 15.5. The monoisotopic (exact) mass is 288 g/mol. The van der Waals surface area contributed by atoms with Crippen molar-refractivity contribution >= 4 is 10.9 Å². The van der Waals surface area contributed by atoms with Crippen LogP contribution in [0.4, 0.5) is 0 Å². The predicted octanol–water partition coefficient (Wildman–Crippen LogP) is 1.77. The smallest absolute Gasteiger partial charge is 0.275 e. The Morgan fingerprint density at radius 3 is 2.35 bits per heavy atom. The summed E-state index contributed by atoms with van der Waals surface area (Å²) in [6.45, 7) is 0. The summed E-state index contributed by atoms with van der Waals surface area (Å²) < 4.78 is 0. The van der Waals surface area contributed by atoms with Gasteiger partial charge in [0, 0.05) is 18.0 Å². The molecule has 23 heavy (non-hydrogen) atoms. The summed E-state index contributed by atoms with van der Waals surface area (Å²) in [5.74, 6) is 0. The van der Waals surface area contributed by atoms with E-state index in [0.29, 0.717) is 0 Å². The molecule has 2 aromatic heterocycles. The largest absolute Gasteiger partial charge is 1.00 e. The van der Waals surface area contributed by atoms with Crippen molar-refractivity contribution < 1.29 is 18.9 Å². The molecule has 0 radical (unpaired) electrons. The van der Waals surface area contributed by atoms with Crippen LogP contribution in [-0.2, 0) is 0 Å². The quantitative estimate of drug-likeness (QED) is 0.415.